The summed E-state index contributed by atoms with van der Waals surface area (Å²) in [5.74, 6) is -4.53. The third-order valence-electron chi connectivity index (χ3n) is 9.18. The van der Waals surface area contributed by atoms with Crippen molar-refractivity contribution in [3.05, 3.63) is 23.8 Å². The van der Waals surface area contributed by atoms with E-state index in [4.69, 9.17) is 14.2 Å². The standard InChI is InChI=1S/C24H28O7/c1-11-13-6-7-14-22-10-29-24(23(14,16(11)26)19(13)30-21(4,5)31-24)18(28)15(22)20(2,3)8-12(9-25)17(22)27/h8-9,13-15,18-19,28H,1,6-7,10H2,2-5H3/t13-,14-,15+,18-,19+,22-,23?,24?/m0/s1. The van der Waals surface area contributed by atoms with Crippen molar-refractivity contribution >= 4 is 17.9 Å². The molecule has 7 rings (SSSR count). The Bertz CT molecular complexity index is 1010. The molecular weight excluding hydrogens is 400 g/mol. The van der Waals surface area contributed by atoms with E-state index in [2.05, 4.69) is 6.58 Å². The molecule has 7 heteroatoms. The van der Waals surface area contributed by atoms with E-state index < -0.39 is 51.9 Å². The van der Waals surface area contributed by atoms with Gasteiger partial charge in [0.05, 0.1) is 23.7 Å². The number of carbonyl (C=O) groups is 3. The van der Waals surface area contributed by atoms with Crippen molar-refractivity contribution in [1.82, 2.24) is 0 Å². The van der Waals surface area contributed by atoms with Gasteiger partial charge in [-0.25, -0.2) is 0 Å². The minimum Gasteiger partial charge on any atom is -0.387 e. The van der Waals surface area contributed by atoms with Gasteiger partial charge in [0.1, 0.15) is 11.5 Å². The monoisotopic (exact) mass is 428 g/mol. The maximum atomic E-state index is 13.9. The molecule has 2 unspecified atom stereocenters. The predicted molar refractivity (Wildman–Crippen MR) is 106 cm³/mol. The Morgan fingerprint density at radius 2 is 1.87 bits per heavy atom. The predicted octanol–water partition coefficient (Wildman–Crippen LogP) is 1.73. The van der Waals surface area contributed by atoms with Gasteiger partial charge in [0.25, 0.3) is 0 Å². The van der Waals surface area contributed by atoms with Crippen LogP contribution in [-0.4, -0.2) is 53.3 Å². The molecule has 31 heavy (non-hydrogen) atoms. The molecule has 3 heterocycles. The Balaban J connectivity index is 1.71. The number of fused-ring (bicyclic) bond motifs is 1. The van der Waals surface area contributed by atoms with E-state index in [9.17, 15) is 19.5 Å². The molecule has 0 amide bonds. The van der Waals surface area contributed by atoms with Crippen LogP contribution in [0, 0.1) is 34.0 Å². The summed E-state index contributed by atoms with van der Waals surface area (Å²) in [6.45, 7) is 11.5. The van der Waals surface area contributed by atoms with Crippen molar-refractivity contribution < 1.29 is 33.7 Å². The van der Waals surface area contributed by atoms with Gasteiger partial charge >= 0.3 is 0 Å². The number of aliphatic hydroxyl groups excluding tert-OH is 1. The van der Waals surface area contributed by atoms with Crippen molar-refractivity contribution in [2.75, 3.05) is 6.61 Å². The van der Waals surface area contributed by atoms with Crippen molar-refractivity contribution in [3.63, 3.8) is 0 Å². The summed E-state index contributed by atoms with van der Waals surface area (Å²) in [4.78, 5) is 39.7. The highest BCUT2D eigenvalue weighted by molar-refractivity contribution is 6.16. The fourth-order valence-electron chi connectivity index (χ4n) is 8.56. The van der Waals surface area contributed by atoms with Crippen molar-refractivity contribution in [2.24, 2.45) is 34.0 Å². The van der Waals surface area contributed by atoms with Gasteiger partial charge < -0.3 is 19.3 Å². The molecule has 0 aromatic rings. The molecule has 0 aromatic heterocycles. The van der Waals surface area contributed by atoms with E-state index in [1.54, 1.807) is 19.9 Å². The molecule has 3 saturated carbocycles. The molecule has 3 spiro atoms. The SMILES string of the molecule is C=C1C(=O)C23[C@@H]4OC(C)(C)OC25OC[C@]2(C(=O)C(C=O)=CC(C)(C)[C@H]2[C@@H]5O)[C@@H]3CC[C@@H]14. The van der Waals surface area contributed by atoms with Gasteiger partial charge in [0, 0.05) is 11.8 Å². The maximum absolute atomic E-state index is 13.9. The summed E-state index contributed by atoms with van der Waals surface area (Å²) in [6.07, 6.45) is 1.65. The number of carbonyl (C=O) groups excluding carboxylic acids is 3. The van der Waals surface area contributed by atoms with Gasteiger partial charge in [-0.15, -0.1) is 0 Å². The smallest absolute Gasteiger partial charge is 0.213 e. The van der Waals surface area contributed by atoms with Crippen LogP contribution >= 0.6 is 0 Å². The highest BCUT2D eigenvalue weighted by atomic mass is 16.8. The highest BCUT2D eigenvalue weighted by Gasteiger charge is 2.90. The fourth-order valence-corrected chi connectivity index (χ4v) is 8.56. The maximum Gasteiger partial charge on any atom is 0.213 e. The second-order valence-corrected chi connectivity index (χ2v) is 11.3. The normalized spacial score (nSPS) is 53.0. The van der Waals surface area contributed by atoms with Gasteiger partial charge in [-0.05, 0) is 43.6 Å². The van der Waals surface area contributed by atoms with E-state index in [0.29, 0.717) is 24.7 Å². The minimum absolute atomic E-state index is 0.00180. The van der Waals surface area contributed by atoms with Crippen LogP contribution in [0.4, 0.5) is 0 Å². The molecule has 3 aliphatic heterocycles. The molecule has 3 saturated heterocycles. The lowest BCUT2D eigenvalue weighted by Gasteiger charge is -2.75. The third kappa shape index (κ3) is 1.77. The number of ether oxygens (including phenoxy) is 3. The van der Waals surface area contributed by atoms with Crippen LogP contribution in [0.25, 0.3) is 0 Å². The Morgan fingerprint density at radius 1 is 1.16 bits per heavy atom. The molecule has 166 valence electrons. The number of aldehydes is 1. The first-order valence-electron chi connectivity index (χ1n) is 11.1. The van der Waals surface area contributed by atoms with E-state index in [0.717, 1.165) is 0 Å². The van der Waals surface area contributed by atoms with Crippen molar-refractivity contribution in [1.29, 1.82) is 0 Å². The second-order valence-electron chi connectivity index (χ2n) is 11.3. The zero-order valence-electron chi connectivity index (χ0n) is 18.3. The van der Waals surface area contributed by atoms with Gasteiger partial charge in [-0.1, -0.05) is 26.5 Å². The summed E-state index contributed by atoms with van der Waals surface area (Å²) >= 11 is 0. The molecule has 7 nitrogen and oxygen atoms in total. The van der Waals surface area contributed by atoms with E-state index in [1.807, 2.05) is 13.8 Å². The second kappa shape index (κ2) is 5.28. The Hall–Kier alpha value is -1.67. The summed E-state index contributed by atoms with van der Waals surface area (Å²) in [5.41, 5.74) is -2.69. The quantitative estimate of drug-likeness (QED) is 0.386. The van der Waals surface area contributed by atoms with Crippen LogP contribution in [0.3, 0.4) is 0 Å². The molecule has 7 aliphatic rings. The van der Waals surface area contributed by atoms with E-state index in [-0.39, 0.29) is 29.7 Å². The molecule has 8 atom stereocenters. The first-order chi connectivity index (χ1) is 14.4. The zero-order chi connectivity index (χ0) is 22.4. The van der Waals surface area contributed by atoms with Crippen molar-refractivity contribution in [3.8, 4) is 0 Å². The Kier molecular flexibility index (Phi) is 3.40. The molecule has 0 radical (unpaired) electrons. The zero-order valence-corrected chi connectivity index (χ0v) is 18.3. The van der Waals surface area contributed by atoms with Crippen LogP contribution in [0.2, 0.25) is 0 Å². The lowest BCUT2D eigenvalue weighted by molar-refractivity contribution is -0.521. The molecule has 0 aromatic carbocycles. The summed E-state index contributed by atoms with van der Waals surface area (Å²) in [5, 5.41) is 11.9. The largest absolute Gasteiger partial charge is 0.387 e. The van der Waals surface area contributed by atoms with Gasteiger partial charge in [-0.3, -0.25) is 14.4 Å². The first kappa shape index (κ1) is 20.0. The number of hydrogen-bond donors (Lipinski definition) is 1. The summed E-state index contributed by atoms with van der Waals surface area (Å²) in [6, 6.07) is 0. The number of allylic oxidation sites excluding steroid dienone is 2. The van der Waals surface area contributed by atoms with E-state index >= 15 is 0 Å². The van der Waals surface area contributed by atoms with Gasteiger partial charge in [0.2, 0.25) is 5.79 Å². The Morgan fingerprint density at radius 3 is 2.55 bits per heavy atom. The number of hydrogen-bond acceptors (Lipinski definition) is 7. The van der Waals surface area contributed by atoms with E-state index in [1.165, 1.54) is 0 Å². The molecule has 4 aliphatic carbocycles. The van der Waals surface area contributed by atoms with Crippen LogP contribution in [-0.2, 0) is 28.6 Å². The Labute approximate surface area is 180 Å². The van der Waals surface area contributed by atoms with Crippen molar-refractivity contribution in [2.45, 2.75) is 64.3 Å². The number of aliphatic hydroxyl groups is 1. The topological polar surface area (TPSA) is 99.1 Å². The van der Waals surface area contributed by atoms with Crippen LogP contribution in [0.15, 0.2) is 23.8 Å². The average molecular weight is 428 g/mol. The van der Waals surface area contributed by atoms with Gasteiger partial charge in [0.15, 0.2) is 23.6 Å². The lowest BCUT2D eigenvalue weighted by atomic mass is 9.36. The average Bonchev–Trinajstić information content (AvgIpc) is 2.80. The van der Waals surface area contributed by atoms with Gasteiger partial charge in [-0.2, -0.15) is 0 Å². The number of Topliss-reactive ketones (excluding diaryl/α,β-unsaturated/α-hetero) is 2. The first-order valence-corrected chi connectivity index (χ1v) is 11.1. The third-order valence-corrected chi connectivity index (χ3v) is 9.18. The minimum atomic E-state index is -1.63. The highest BCUT2D eigenvalue weighted by Crippen LogP contribution is 2.78. The fraction of sp³-hybridized carbons (Fsp3) is 0.708. The van der Waals surface area contributed by atoms with Crippen LogP contribution < -0.4 is 0 Å². The summed E-state index contributed by atoms with van der Waals surface area (Å²) < 4.78 is 19.1. The molecular formula is C24H28O7. The lowest BCUT2D eigenvalue weighted by Crippen LogP contribution is -2.88. The summed E-state index contributed by atoms with van der Waals surface area (Å²) in [7, 11) is 0. The van der Waals surface area contributed by atoms with Crippen LogP contribution in [0.5, 0.6) is 0 Å². The molecule has 6 fully saturated rings. The number of ketones is 2. The molecule has 1 N–H and O–H groups in total. The number of rotatable bonds is 1. The van der Waals surface area contributed by atoms with Crippen LogP contribution in [0.1, 0.15) is 40.5 Å². The molecule has 4 bridgehead atoms.